The number of amides is 1. The highest BCUT2D eigenvalue weighted by atomic mass is 32.2. The number of aryl methyl sites for hydroxylation is 3. The van der Waals surface area contributed by atoms with Gasteiger partial charge in [0.05, 0.1) is 18.0 Å². The Morgan fingerprint density at radius 1 is 0.844 bits per heavy atom. The molecule has 32 heavy (non-hydrogen) atoms. The Balaban J connectivity index is 1.98. The largest absolute Gasteiger partial charge is 0.343 e. The second-order valence-corrected chi connectivity index (χ2v) is 10.1. The van der Waals surface area contributed by atoms with Gasteiger partial charge in [0.1, 0.15) is 6.04 Å². The quantitative estimate of drug-likeness (QED) is 0.569. The Bertz CT molecular complexity index is 1210. The van der Waals surface area contributed by atoms with Crippen LogP contribution in [0.1, 0.15) is 40.8 Å². The van der Waals surface area contributed by atoms with Gasteiger partial charge < -0.3 is 5.32 Å². The molecule has 1 N–H and O–H groups in total. The second-order valence-electron chi connectivity index (χ2n) is 8.21. The third kappa shape index (κ3) is 5.19. The number of carbonyl (C=O) groups excluding carboxylic acids is 1. The van der Waals surface area contributed by atoms with E-state index < -0.39 is 22.1 Å². The van der Waals surface area contributed by atoms with Gasteiger partial charge in [-0.1, -0.05) is 60.7 Å². The standard InChI is InChI=1S/C26H30N2O3S/c1-18-15-16-23(17-20(18)3)28(32(5,30)31)21(4)26(29)27-25(22-12-7-6-8-13-22)24-14-10-9-11-19(24)2/h6-17,21,25H,1-5H3,(H,27,29)/t21-,25+/m1/s1. The summed E-state index contributed by atoms with van der Waals surface area (Å²) in [6.45, 7) is 7.50. The minimum Gasteiger partial charge on any atom is -0.343 e. The van der Waals surface area contributed by atoms with Crippen molar-refractivity contribution in [3.63, 3.8) is 0 Å². The lowest BCUT2D eigenvalue weighted by Crippen LogP contribution is -2.48. The van der Waals surface area contributed by atoms with Crippen molar-refractivity contribution >= 4 is 21.6 Å². The van der Waals surface area contributed by atoms with Crippen molar-refractivity contribution in [2.24, 2.45) is 0 Å². The van der Waals surface area contributed by atoms with E-state index in [2.05, 4.69) is 5.32 Å². The van der Waals surface area contributed by atoms with Crippen molar-refractivity contribution in [1.82, 2.24) is 5.32 Å². The first-order chi connectivity index (χ1) is 15.1. The normalized spacial score (nSPS) is 13.3. The van der Waals surface area contributed by atoms with Gasteiger partial charge in [-0.3, -0.25) is 9.10 Å². The summed E-state index contributed by atoms with van der Waals surface area (Å²) >= 11 is 0. The molecule has 3 aromatic rings. The van der Waals surface area contributed by atoms with Crippen LogP contribution >= 0.6 is 0 Å². The first-order valence-corrected chi connectivity index (χ1v) is 12.4. The van der Waals surface area contributed by atoms with Crippen molar-refractivity contribution in [1.29, 1.82) is 0 Å². The van der Waals surface area contributed by atoms with Crippen LogP contribution < -0.4 is 9.62 Å². The lowest BCUT2D eigenvalue weighted by molar-refractivity contribution is -0.122. The number of rotatable bonds is 7. The fourth-order valence-corrected chi connectivity index (χ4v) is 5.00. The van der Waals surface area contributed by atoms with Gasteiger partial charge in [-0.25, -0.2) is 8.42 Å². The van der Waals surface area contributed by atoms with Crippen LogP contribution in [-0.2, 0) is 14.8 Å². The van der Waals surface area contributed by atoms with Gasteiger partial charge >= 0.3 is 0 Å². The summed E-state index contributed by atoms with van der Waals surface area (Å²) in [5.74, 6) is -0.370. The minimum atomic E-state index is -3.69. The molecule has 3 aromatic carbocycles. The third-order valence-electron chi connectivity index (χ3n) is 5.75. The van der Waals surface area contributed by atoms with E-state index in [0.717, 1.165) is 34.1 Å². The molecular formula is C26H30N2O3S. The topological polar surface area (TPSA) is 66.5 Å². The van der Waals surface area contributed by atoms with Crippen LogP contribution in [0.5, 0.6) is 0 Å². The molecule has 168 valence electrons. The number of nitrogens with zero attached hydrogens (tertiary/aromatic N) is 1. The zero-order valence-corrected chi connectivity index (χ0v) is 20.0. The number of sulfonamides is 1. The lowest BCUT2D eigenvalue weighted by Gasteiger charge is -2.31. The average Bonchev–Trinajstić information content (AvgIpc) is 2.74. The Hall–Kier alpha value is -3.12. The SMILES string of the molecule is Cc1ccc(N([C@H](C)C(=O)N[C@@H](c2ccccc2)c2ccccc2C)S(C)(=O)=O)cc1C. The monoisotopic (exact) mass is 450 g/mol. The van der Waals surface area contributed by atoms with E-state index >= 15 is 0 Å². The molecular weight excluding hydrogens is 420 g/mol. The van der Waals surface area contributed by atoms with Gasteiger partial charge in [-0.05, 0) is 67.6 Å². The fourth-order valence-electron chi connectivity index (χ4n) is 3.83. The molecule has 0 aliphatic carbocycles. The molecule has 0 bridgehead atoms. The molecule has 0 aromatic heterocycles. The zero-order chi connectivity index (χ0) is 23.5. The number of benzene rings is 3. The molecule has 5 nitrogen and oxygen atoms in total. The molecule has 0 aliphatic heterocycles. The summed E-state index contributed by atoms with van der Waals surface area (Å²) in [6.07, 6.45) is 1.13. The molecule has 0 saturated carbocycles. The molecule has 0 fully saturated rings. The van der Waals surface area contributed by atoms with E-state index in [1.807, 2.05) is 81.4 Å². The summed E-state index contributed by atoms with van der Waals surface area (Å²) in [5, 5.41) is 3.09. The summed E-state index contributed by atoms with van der Waals surface area (Å²) in [5.41, 5.74) is 5.44. The number of anilines is 1. The lowest BCUT2D eigenvalue weighted by atomic mass is 9.94. The van der Waals surface area contributed by atoms with Gasteiger partial charge in [0, 0.05) is 0 Å². The van der Waals surface area contributed by atoms with Gasteiger partial charge in [-0.2, -0.15) is 0 Å². The first-order valence-electron chi connectivity index (χ1n) is 10.6. The molecule has 0 aliphatic rings. The van der Waals surface area contributed by atoms with Crippen molar-refractivity contribution in [2.75, 3.05) is 10.6 Å². The Kier molecular flexibility index (Phi) is 7.04. The van der Waals surface area contributed by atoms with Crippen LogP contribution in [0, 0.1) is 20.8 Å². The molecule has 6 heteroatoms. The smallest absolute Gasteiger partial charge is 0.244 e. The highest BCUT2D eigenvalue weighted by Crippen LogP contribution is 2.27. The van der Waals surface area contributed by atoms with Crippen LogP contribution in [0.4, 0.5) is 5.69 Å². The molecule has 0 radical (unpaired) electrons. The molecule has 3 rings (SSSR count). The zero-order valence-electron chi connectivity index (χ0n) is 19.2. The van der Waals surface area contributed by atoms with Crippen molar-refractivity contribution in [3.8, 4) is 0 Å². The van der Waals surface area contributed by atoms with Crippen molar-refractivity contribution in [2.45, 2.75) is 39.8 Å². The first kappa shape index (κ1) is 23.5. The third-order valence-corrected chi connectivity index (χ3v) is 6.99. The van der Waals surface area contributed by atoms with Gasteiger partial charge in [0.15, 0.2) is 0 Å². The van der Waals surface area contributed by atoms with Crippen LogP contribution in [0.3, 0.4) is 0 Å². The van der Waals surface area contributed by atoms with Crippen LogP contribution in [0.2, 0.25) is 0 Å². The predicted molar refractivity (Wildman–Crippen MR) is 130 cm³/mol. The van der Waals surface area contributed by atoms with Gasteiger partial charge in [-0.15, -0.1) is 0 Å². The highest BCUT2D eigenvalue weighted by Gasteiger charge is 2.31. The Morgan fingerprint density at radius 2 is 1.47 bits per heavy atom. The molecule has 0 unspecified atom stereocenters. The van der Waals surface area contributed by atoms with Crippen molar-refractivity contribution in [3.05, 3.63) is 101 Å². The molecule has 0 saturated heterocycles. The van der Waals surface area contributed by atoms with E-state index in [1.54, 1.807) is 19.1 Å². The maximum Gasteiger partial charge on any atom is 0.244 e. The van der Waals surface area contributed by atoms with E-state index in [0.29, 0.717) is 5.69 Å². The number of hydrogen-bond acceptors (Lipinski definition) is 3. The van der Waals surface area contributed by atoms with Crippen LogP contribution in [0.25, 0.3) is 0 Å². The number of carbonyl (C=O) groups is 1. The Morgan fingerprint density at radius 3 is 2.06 bits per heavy atom. The highest BCUT2D eigenvalue weighted by molar-refractivity contribution is 7.92. The van der Waals surface area contributed by atoms with E-state index in [1.165, 1.54) is 4.31 Å². The van der Waals surface area contributed by atoms with Gasteiger partial charge in [0.25, 0.3) is 0 Å². The maximum absolute atomic E-state index is 13.4. The molecule has 2 atom stereocenters. The van der Waals surface area contributed by atoms with E-state index in [4.69, 9.17) is 0 Å². The van der Waals surface area contributed by atoms with Gasteiger partial charge in [0.2, 0.25) is 15.9 Å². The molecule has 1 amide bonds. The fraction of sp³-hybridized carbons (Fsp3) is 0.269. The average molecular weight is 451 g/mol. The number of nitrogens with one attached hydrogen (secondary N) is 1. The summed E-state index contributed by atoms with van der Waals surface area (Å²) in [4.78, 5) is 13.4. The van der Waals surface area contributed by atoms with Crippen molar-refractivity contribution < 1.29 is 13.2 Å². The minimum absolute atomic E-state index is 0.370. The van der Waals surface area contributed by atoms with Crippen LogP contribution in [-0.4, -0.2) is 26.6 Å². The summed E-state index contributed by atoms with van der Waals surface area (Å²) in [7, 11) is -3.69. The predicted octanol–water partition coefficient (Wildman–Crippen LogP) is 4.67. The molecule has 0 spiro atoms. The van der Waals surface area contributed by atoms with Crippen LogP contribution in [0.15, 0.2) is 72.8 Å². The number of hydrogen-bond donors (Lipinski definition) is 1. The Labute approximate surface area is 191 Å². The second kappa shape index (κ2) is 9.57. The van der Waals surface area contributed by atoms with E-state index in [-0.39, 0.29) is 5.91 Å². The molecule has 0 heterocycles. The van der Waals surface area contributed by atoms with E-state index in [9.17, 15) is 13.2 Å². The summed E-state index contributed by atoms with van der Waals surface area (Å²) in [6, 6.07) is 21.6. The summed E-state index contributed by atoms with van der Waals surface area (Å²) < 4.78 is 26.6. The maximum atomic E-state index is 13.4.